The molecule has 3 rings (SSSR count). The Morgan fingerprint density at radius 2 is 2.13 bits per heavy atom. The van der Waals surface area contributed by atoms with Crippen molar-refractivity contribution in [3.63, 3.8) is 0 Å². The molecular formula is C11H6N3S. The highest BCUT2D eigenvalue weighted by Crippen LogP contribution is 2.18. The molecule has 0 unspecified atom stereocenters. The Bertz CT molecular complexity index is 590. The predicted molar refractivity (Wildman–Crippen MR) is 59.5 cm³/mol. The number of nitrogens with zero attached hydrogens (tertiary/aromatic N) is 3. The van der Waals surface area contributed by atoms with Gasteiger partial charge >= 0.3 is 0 Å². The Kier molecular flexibility index (Phi) is 1.93. The number of hydrogen-bond donors (Lipinski definition) is 0. The largest absolute Gasteiger partial charge is 0.236 e. The van der Waals surface area contributed by atoms with E-state index < -0.39 is 0 Å². The Morgan fingerprint density at radius 1 is 1.20 bits per heavy atom. The zero-order valence-corrected chi connectivity index (χ0v) is 8.53. The summed E-state index contributed by atoms with van der Waals surface area (Å²) in [5, 5.41) is 2.94. The molecule has 0 saturated heterocycles. The van der Waals surface area contributed by atoms with E-state index in [2.05, 4.69) is 20.5 Å². The van der Waals surface area contributed by atoms with E-state index in [1.165, 1.54) is 11.5 Å². The average Bonchev–Trinajstić information content (AvgIpc) is 2.82. The quantitative estimate of drug-likeness (QED) is 0.622. The van der Waals surface area contributed by atoms with Gasteiger partial charge in [-0.3, -0.25) is 0 Å². The molecule has 71 valence electrons. The highest BCUT2D eigenvalue weighted by atomic mass is 32.1. The van der Waals surface area contributed by atoms with E-state index in [1.807, 2.05) is 35.8 Å². The molecular weight excluding hydrogens is 206 g/mol. The molecule has 0 bridgehead atoms. The van der Waals surface area contributed by atoms with E-state index >= 15 is 0 Å². The maximum atomic E-state index is 4.44. The monoisotopic (exact) mass is 212 g/mol. The van der Waals surface area contributed by atoms with Crippen LogP contribution in [-0.4, -0.2) is 14.3 Å². The Labute approximate surface area is 90.6 Å². The molecule has 4 heteroatoms. The van der Waals surface area contributed by atoms with Gasteiger partial charge in [0.05, 0.1) is 11.1 Å². The SMILES string of the molecule is [c]1nscc1-c1ncc2ccccc2n1. The first-order valence-electron chi connectivity index (χ1n) is 4.48. The van der Waals surface area contributed by atoms with Crippen molar-refractivity contribution < 1.29 is 0 Å². The topological polar surface area (TPSA) is 38.7 Å². The highest BCUT2D eigenvalue weighted by Gasteiger charge is 2.03. The zero-order valence-electron chi connectivity index (χ0n) is 7.71. The van der Waals surface area contributed by atoms with Crippen molar-refractivity contribution in [1.82, 2.24) is 14.3 Å². The standard InChI is InChI=1S/C11H6N3S/c1-2-4-10-8(3-1)5-12-11(14-10)9-6-13-15-7-9/h1-5,7H. The van der Waals surface area contributed by atoms with Gasteiger partial charge in [0.15, 0.2) is 5.82 Å². The van der Waals surface area contributed by atoms with Crippen LogP contribution in [0.2, 0.25) is 0 Å². The van der Waals surface area contributed by atoms with Crippen molar-refractivity contribution in [2.45, 2.75) is 0 Å². The molecule has 0 spiro atoms. The minimum Gasteiger partial charge on any atom is -0.236 e. The Hall–Kier alpha value is -1.81. The van der Waals surface area contributed by atoms with E-state index in [0.29, 0.717) is 5.82 Å². The third-order valence-electron chi connectivity index (χ3n) is 2.12. The van der Waals surface area contributed by atoms with Gasteiger partial charge in [-0.25, -0.2) is 9.97 Å². The Morgan fingerprint density at radius 3 is 3.00 bits per heavy atom. The molecule has 0 aliphatic rings. The van der Waals surface area contributed by atoms with Gasteiger partial charge < -0.3 is 0 Å². The highest BCUT2D eigenvalue weighted by molar-refractivity contribution is 7.03. The van der Waals surface area contributed by atoms with Crippen LogP contribution in [0.5, 0.6) is 0 Å². The van der Waals surface area contributed by atoms with Crippen LogP contribution in [0, 0.1) is 6.20 Å². The van der Waals surface area contributed by atoms with Crippen molar-refractivity contribution in [2.24, 2.45) is 0 Å². The molecule has 0 aliphatic carbocycles. The second-order valence-corrected chi connectivity index (χ2v) is 3.72. The van der Waals surface area contributed by atoms with Gasteiger partial charge in [0.1, 0.15) is 6.20 Å². The summed E-state index contributed by atoms with van der Waals surface area (Å²) in [4.78, 5) is 8.72. The molecule has 0 saturated carbocycles. The fraction of sp³-hybridized carbons (Fsp3) is 0. The van der Waals surface area contributed by atoms with Crippen molar-refractivity contribution in [3.05, 3.63) is 42.0 Å². The average molecular weight is 212 g/mol. The zero-order chi connectivity index (χ0) is 10.1. The summed E-state index contributed by atoms with van der Waals surface area (Å²) < 4.78 is 3.92. The number of benzene rings is 1. The van der Waals surface area contributed by atoms with Gasteiger partial charge in [0.2, 0.25) is 0 Å². The van der Waals surface area contributed by atoms with E-state index in [0.717, 1.165) is 16.5 Å². The van der Waals surface area contributed by atoms with Gasteiger partial charge in [-0.2, -0.15) is 4.37 Å². The molecule has 0 aliphatic heterocycles. The minimum absolute atomic E-state index is 0.683. The molecule has 0 fully saturated rings. The fourth-order valence-corrected chi connectivity index (χ4v) is 1.85. The van der Waals surface area contributed by atoms with Crippen molar-refractivity contribution in [2.75, 3.05) is 0 Å². The predicted octanol–water partition coefficient (Wildman–Crippen LogP) is 2.55. The van der Waals surface area contributed by atoms with Gasteiger partial charge in [0, 0.05) is 17.0 Å². The second-order valence-electron chi connectivity index (χ2n) is 3.09. The van der Waals surface area contributed by atoms with Crippen molar-refractivity contribution in [1.29, 1.82) is 0 Å². The van der Waals surface area contributed by atoms with Crippen LogP contribution in [0.3, 0.4) is 0 Å². The fourth-order valence-electron chi connectivity index (χ4n) is 1.39. The van der Waals surface area contributed by atoms with Crippen molar-refractivity contribution in [3.8, 4) is 11.4 Å². The van der Waals surface area contributed by atoms with Gasteiger partial charge in [-0.1, -0.05) is 18.2 Å². The van der Waals surface area contributed by atoms with Crippen LogP contribution in [0.1, 0.15) is 0 Å². The summed E-state index contributed by atoms with van der Waals surface area (Å²) in [6.45, 7) is 0. The molecule has 1 aromatic carbocycles. The maximum Gasteiger partial charge on any atom is 0.162 e. The lowest BCUT2D eigenvalue weighted by Crippen LogP contribution is -1.87. The number of fused-ring (bicyclic) bond motifs is 1. The second kappa shape index (κ2) is 3.40. The molecule has 0 amide bonds. The third kappa shape index (κ3) is 1.49. The first-order valence-corrected chi connectivity index (χ1v) is 5.31. The maximum absolute atomic E-state index is 4.44. The van der Waals surface area contributed by atoms with Crippen LogP contribution in [0.4, 0.5) is 0 Å². The lowest BCUT2D eigenvalue weighted by atomic mass is 10.2. The Balaban J connectivity index is 2.22. The molecule has 2 aromatic heterocycles. The minimum atomic E-state index is 0.683. The number of aromatic nitrogens is 3. The summed E-state index contributed by atoms with van der Waals surface area (Å²) in [7, 11) is 0. The number of rotatable bonds is 1. The molecule has 0 atom stereocenters. The summed E-state index contributed by atoms with van der Waals surface area (Å²) in [5.41, 5.74) is 1.80. The van der Waals surface area contributed by atoms with Crippen LogP contribution in [0.25, 0.3) is 22.3 Å². The summed E-state index contributed by atoms with van der Waals surface area (Å²) in [6, 6.07) is 7.91. The molecule has 2 heterocycles. The van der Waals surface area contributed by atoms with Gasteiger partial charge in [-0.05, 0) is 17.6 Å². The smallest absolute Gasteiger partial charge is 0.162 e. The lowest BCUT2D eigenvalue weighted by molar-refractivity contribution is 1.23. The summed E-state index contributed by atoms with van der Waals surface area (Å²) in [5.74, 6) is 0.683. The molecule has 1 radical (unpaired) electrons. The first-order chi connectivity index (χ1) is 7.43. The van der Waals surface area contributed by atoms with E-state index in [9.17, 15) is 0 Å². The van der Waals surface area contributed by atoms with Crippen LogP contribution >= 0.6 is 11.5 Å². The molecule has 3 aromatic rings. The van der Waals surface area contributed by atoms with Crippen LogP contribution < -0.4 is 0 Å². The van der Waals surface area contributed by atoms with Crippen LogP contribution in [-0.2, 0) is 0 Å². The lowest BCUT2D eigenvalue weighted by Gasteiger charge is -1.98. The number of hydrogen-bond acceptors (Lipinski definition) is 4. The summed E-state index contributed by atoms with van der Waals surface area (Å²) in [6.07, 6.45) is 4.68. The normalized spacial score (nSPS) is 10.7. The van der Waals surface area contributed by atoms with Gasteiger partial charge in [0.25, 0.3) is 0 Å². The number of para-hydroxylation sites is 1. The first kappa shape index (κ1) is 8.49. The molecule has 0 N–H and O–H groups in total. The molecule has 3 nitrogen and oxygen atoms in total. The van der Waals surface area contributed by atoms with Crippen molar-refractivity contribution >= 4 is 22.4 Å². The van der Waals surface area contributed by atoms with E-state index in [4.69, 9.17) is 0 Å². The van der Waals surface area contributed by atoms with Crippen LogP contribution in [0.15, 0.2) is 35.8 Å². The van der Waals surface area contributed by atoms with E-state index in [1.54, 1.807) is 0 Å². The third-order valence-corrected chi connectivity index (χ3v) is 2.66. The van der Waals surface area contributed by atoms with Gasteiger partial charge in [-0.15, -0.1) is 0 Å². The van der Waals surface area contributed by atoms with E-state index in [-0.39, 0.29) is 0 Å². The molecule has 15 heavy (non-hydrogen) atoms. The summed E-state index contributed by atoms with van der Waals surface area (Å²) >= 11 is 1.35.